The Bertz CT molecular complexity index is 677. The van der Waals surface area contributed by atoms with E-state index in [0.29, 0.717) is 22.4 Å². The fraction of sp³-hybridized carbons (Fsp3) is 0.500. The molecule has 0 spiro atoms. The second-order valence-corrected chi connectivity index (χ2v) is 8.31. The summed E-state index contributed by atoms with van der Waals surface area (Å²) in [7, 11) is -0.859. The largest absolute Gasteiger partial charge is 0.328 e. The third kappa shape index (κ3) is 3.96. The van der Waals surface area contributed by atoms with Crippen LogP contribution in [0.5, 0.6) is 0 Å². The van der Waals surface area contributed by atoms with E-state index in [2.05, 4.69) is 4.98 Å². The number of aryl methyl sites for hydroxylation is 2. The molecule has 3 nitrogen and oxygen atoms in total. The standard InChI is InChI=1S/C14H17ClFIN2OS/c1-9(21(2)20)4-6-19-13-7-10(16)11(17)8-12(13)18-14(19)3-5-15/h7-9H,3-6H2,1-2H3. The maximum absolute atomic E-state index is 13.8. The van der Waals surface area contributed by atoms with Crippen molar-refractivity contribution >= 4 is 56.0 Å². The van der Waals surface area contributed by atoms with Gasteiger partial charge in [0.25, 0.3) is 0 Å². The molecule has 0 saturated carbocycles. The summed E-state index contributed by atoms with van der Waals surface area (Å²) in [4.78, 5) is 4.56. The van der Waals surface area contributed by atoms with Crippen LogP contribution in [0.15, 0.2) is 12.1 Å². The van der Waals surface area contributed by atoms with E-state index in [1.54, 1.807) is 12.3 Å². The van der Waals surface area contributed by atoms with Crippen LogP contribution in [0.4, 0.5) is 4.39 Å². The minimum Gasteiger partial charge on any atom is -0.328 e. The molecule has 1 aromatic heterocycles. The van der Waals surface area contributed by atoms with Gasteiger partial charge in [-0.1, -0.05) is 6.92 Å². The number of halogens is 3. The number of nitrogens with zero attached hydrogens (tertiary/aromatic N) is 2. The quantitative estimate of drug-likeness (QED) is 0.505. The third-order valence-corrected chi connectivity index (χ3v) is 5.90. The molecule has 2 unspecified atom stereocenters. The van der Waals surface area contributed by atoms with Crippen LogP contribution >= 0.6 is 34.2 Å². The molecule has 0 aliphatic heterocycles. The molecule has 2 rings (SSSR count). The minimum absolute atomic E-state index is 0.0972. The summed E-state index contributed by atoms with van der Waals surface area (Å²) >= 11 is 7.80. The van der Waals surface area contributed by atoms with E-state index in [-0.39, 0.29) is 11.1 Å². The molecule has 7 heteroatoms. The minimum atomic E-state index is -0.859. The molecule has 2 aromatic rings. The van der Waals surface area contributed by atoms with Gasteiger partial charge in [0.15, 0.2) is 0 Å². The fourth-order valence-electron chi connectivity index (χ4n) is 2.17. The van der Waals surface area contributed by atoms with Gasteiger partial charge in [0.1, 0.15) is 11.6 Å². The first-order valence-electron chi connectivity index (χ1n) is 6.66. The van der Waals surface area contributed by atoms with Gasteiger partial charge in [-0.05, 0) is 35.1 Å². The SMILES string of the molecule is CC(CCn1c(CCCl)nc2cc(I)c(F)cc21)S(C)=O. The topological polar surface area (TPSA) is 34.9 Å². The summed E-state index contributed by atoms with van der Waals surface area (Å²) < 4.78 is 27.9. The van der Waals surface area contributed by atoms with Gasteiger partial charge in [0.2, 0.25) is 0 Å². The molecule has 116 valence electrons. The summed E-state index contributed by atoms with van der Waals surface area (Å²) in [6.07, 6.45) is 3.11. The van der Waals surface area contributed by atoms with Crippen LogP contribution in [0.3, 0.4) is 0 Å². The van der Waals surface area contributed by atoms with Crippen LogP contribution in [-0.4, -0.2) is 31.1 Å². The molecule has 0 radical (unpaired) electrons. The summed E-state index contributed by atoms with van der Waals surface area (Å²) in [6.45, 7) is 2.63. The highest BCUT2D eigenvalue weighted by Gasteiger charge is 2.15. The first kappa shape index (κ1) is 17.1. The number of alkyl halides is 1. The lowest BCUT2D eigenvalue weighted by Crippen LogP contribution is -2.14. The van der Waals surface area contributed by atoms with Crippen molar-refractivity contribution in [3.05, 3.63) is 27.3 Å². The normalized spacial score (nSPS) is 14.5. The average Bonchev–Trinajstić information content (AvgIpc) is 2.74. The van der Waals surface area contributed by atoms with Crippen molar-refractivity contribution < 1.29 is 8.60 Å². The van der Waals surface area contributed by atoms with Crippen LogP contribution in [0.2, 0.25) is 0 Å². The van der Waals surface area contributed by atoms with Crippen molar-refractivity contribution in [2.75, 3.05) is 12.1 Å². The molecule has 21 heavy (non-hydrogen) atoms. The number of hydrogen-bond acceptors (Lipinski definition) is 2. The Morgan fingerprint density at radius 1 is 1.52 bits per heavy atom. The molecule has 0 bridgehead atoms. The highest BCUT2D eigenvalue weighted by Crippen LogP contribution is 2.23. The van der Waals surface area contributed by atoms with E-state index in [9.17, 15) is 8.60 Å². The van der Waals surface area contributed by atoms with Gasteiger partial charge >= 0.3 is 0 Å². The second-order valence-electron chi connectivity index (χ2n) is 4.97. The van der Waals surface area contributed by atoms with E-state index in [4.69, 9.17) is 11.6 Å². The van der Waals surface area contributed by atoms with Crippen LogP contribution in [0, 0.1) is 9.39 Å². The zero-order chi connectivity index (χ0) is 15.6. The van der Waals surface area contributed by atoms with Crippen molar-refractivity contribution in [1.29, 1.82) is 0 Å². The number of imidazole rings is 1. The van der Waals surface area contributed by atoms with Crippen LogP contribution in [0.25, 0.3) is 11.0 Å². The fourth-order valence-corrected chi connectivity index (χ4v) is 3.23. The predicted molar refractivity (Wildman–Crippen MR) is 95.0 cm³/mol. The lowest BCUT2D eigenvalue weighted by atomic mass is 10.3. The third-order valence-electron chi connectivity index (χ3n) is 3.51. The van der Waals surface area contributed by atoms with E-state index in [0.717, 1.165) is 23.3 Å². The molecule has 0 N–H and O–H groups in total. The van der Waals surface area contributed by atoms with Gasteiger partial charge in [-0.15, -0.1) is 11.6 Å². The summed E-state index contributed by atoms with van der Waals surface area (Å²) in [5.74, 6) is 1.09. The summed E-state index contributed by atoms with van der Waals surface area (Å²) in [6, 6.07) is 3.27. The number of rotatable bonds is 6. The highest BCUT2D eigenvalue weighted by atomic mass is 127. The van der Waals surface area contributed by atoms with E-state index in [1.807, 2.05) is 34.1 Å². The molecule has 0 fully saturated rings. The molecule has 2 atom stereocenters. The lowest BCUT2D eigenvalue weighted by Gasteiger charge is -2.12. The molecule has 1 aromatic carbocycles. The van der Waals surface area contributed by atoms with E-state index >= 15 is 0 Å². The first-order valence-corrected chi connectivity index (χ1v) is 9.89. The molecule has 0 aliphatic carbocycles. The zero-order valence-electron chi connectivity index (χ0n) is 11.9. The Balaban J connectivity index is 2.40. The van der Waals surface area contributed by atoms with E-state index < -0.39 is 10.8 Å². The second kappa shape index (κ2) is 7.37. The number of fused-ring (bicyclic) bond motifs is 1. The van der Waals surface area contributed by atoms with Gasteiger partial charge in [0.05, 0.1) is 14.6 Å². The van der Waals surface area contributed by atoms with Gasteiger partial charge in [-0.2, -0.15) is 0 Å². The smallest absolute Gasteiger partial charge is 0.138 e. The van der Waals surface area contributed by atoms with Gasteiger partial charge in [0, 0.05) is 47.2 Å². The molecular weight excluding hydrogens is 426 g/mol. The summed E-state index contributed by atoms with van der Waals surface area (Å²) in [5, 5.41) is 0.0972. The predicted octanol–water partition coefficient (Wildman–Crippen LogP) is 3.72. The molecule has 1 heterocycles. The van der Waals surface area contributed by atoms with Gasteiger partial charge < -0.3 is 4.57 Å². The van der Waals surface area contributed by atoms with Gasteiger partial charge in [-0.25, -0.2) is 9.37 Å². The van der Waals surface area contributed by atoms with Crippen molar-refractivity contribution in [1.82, 2.24) is 9.55 Å². The number of aromatic nitrogens is 2. The van der Waals surface area contributed by atoms with Crippen LogP contribution < -0.4 is 0 Å². The van der Waals surface area contributed by atoms with Gasteiger partial charge in [-0.3, -0.25) is 4.21 Å². The monoisotopic (exact) mass is 442 g/mol. The average molecular weight is 443 g/mol. The lowest BCUT2D eigenvalue weighted by molar-refractivity contribution is 0.604. The van der Waals surface area contributed by atoms with Crippen LogP contribution in [0.1, 0.15) is 19.2 Å². The van der Waals surface area contributed by atoms with Crippen molar-refractivity contribution in [3.8, 4) is 0 Å². The van der Waals surface area contributed by atoms with Crippen molar-refractivity contribution in [2.45, 2.75) is 31.6 Å². The Morgan fingerprint density at radius 2 is 2.24 bits per heavy atom. The van der Waals surface area contributed by atoms with Crippen LogP contribution in [-0.2, 0) is 23.8 Å². The Labute approximate surface area is 144 Å². The molecule has 0 saturated heterocycles. The number of hydrogen-bond donors (Lipinski definition) is 0. The molecule has 0 aliphatic rings. The Hall–Kier alpha value is -0.210. The molecular formula is C14H17ClFIN2OS. The Morgan fingerprint density at radius 3 is 2.86 bits per heavy atom. The maximum atomic E-state index is 13.8. The maximum Gasteiger partial charge on any atom is 0.138 e. The molecule has 0 amide bonds. The summed E-state index contributed by atoms with van der Waals surface area (Å²) in [5.41, 5.74) is 1.56. The van der Waals surface area contributed by atoms with E-state index in [1.165, 1.54) is 6.07 Å². The zero-order valence-corrected chi connectivity index (χ0v) is 15.6. The number of benzene rings is 1. The Kier molecular flexibility index (Phi) is 6.02. The van der Waals surface area contributed by atoms with Crippen molar-refractivity contribution in [3.63, 3.8) is 0 Å². The first-order chi connectivity index (χ1) is 9.93. The highest BCUT2D eigenvalue weighted by molar-refractivity contribution is 14.1. The van der Waals surface area contributed by atoms with Crippen molar-refractivity contribution in [2.24, 2.45) is 0 Å².